The molecule has 3 aromatic carbocycles. The number of hydrogen-bond donors (Lipinski definition) is 3. The predicted octanol–water partition coefficient (Wildman–Crippen LogP) is 7.49. The maximum Gasteiger partial charge on any atom is 0.294 e. The number of anilines is 1. The van der Waals surface area contributed by atoms with E-state index in [9.17, 15) is 30.7 Å². The average Bonchev–Trinajstić information content (AvgIpc) is 3.54. The summed E-state index contributed by atoms with van der Waals surface area (Å²) in [5.74, 6) is 0.833. The lowest BCUT2D eigenvalue weighted by molar-refractivity contribution is -0.438. The fourth-order valence-electron chi connectivity index (χ4n) is 8.51. The van der Waals surface area contributed by atoms with E-state index in [1.54, 1.807) is 20.1 Å². The molecule has 2 aliphatic heterocycles. The van der Waals surface area contributed by atoms with Gasteiger partial charge in [0.05, 0.1) is 16.1 Å². The Morgan fingerprint density at radius 1 is 0.847 bits per heavy atom. The van der Waals surface area contributed by atoms with Crippen molar-refractivity contribution in [2.45, 2.75) is 94.8 Å². The van der Waals surface area contributed by atoms with Gasteiger partial charge in [-0.2, -0.15) is 21.4 Å². The number of ether oxygens (including phenoxy) is 1. The summed E-state index contributed by atoms with van der Waals surface area (Å²) in [4.78, 5) is 14.0. The molecular formula is C45H55BN3O8S2+. The van der Waals surface area contributed by atoms with Crippen LogP contribution in [-0.4, -0.2) is 69.0 Å². The van der Waals surface area contributed by atoms with Crippen molar-refractivity contribution in [1.82, 2.24) is 5.23 Å². The van der Waals surface area contributed by atoms with Gasteiger partial charge in [-0.05, 0) is 112 Å². The minimum absolute atomic E-state index is 0.0320. The first kappa shape index (κ1) is 43.8. The topological polar surface area (TPSA) is 153 Å². The molecule has 6 rings (SSSR count). The van der Waals surface area contributed by atoms with Crippen LogP contribution in [0.2, 0.25) is 0 Å². The Bertz CT molecular complexity index is 2470. The van der Waals surface area contributed by atoms with E-state index in [1.807, 2.05) is 12.1 Å². The van der Waals surface area contributed by atoms with Crippen molar-refractivity contribution in [2.75, 3.05) is 23.7 Å². The Balaban J connectivity index is 1.42. The number of rotatable bonds is 16. The van der Waals surface area contributed by atoms with E-state index in [4.69, 9.17) is 4.74 Å². The third kappa shape index (κ3) is 10.0. The molecule has 3 aliphatic rings. The summed E-state index contributed by atoms with van der Waals surface area (Å²) in [6.45, 7) is 10.1. The summed E-state index contributed by atoms with van der Waals surface area (Å²) >= 11 is 0. The molecule has 0 radical (unpaired) electrons. The Labute approximate surface area is 350 Å². The lowest BCUT2D eigenvalue weighted by atomic mass is 9.81. The zero-order valence-corrected chi connectivity index (χ0v) is 36.2. The number of benzene rings is 3. The highest BCUT2D eigenvalue weighted by Gasteiger charge is 2.44. The quantitative estimate of drug-likeness (QED) is 0.0577. The highest BCUT2D eigenvalue weighted by atomic mass is 32.2. The van der Waals surface area contributed by atoms with E-state index < -0.39 is 20.2 Å². The highest BCUT2D eigenvalue weighted by molar-refractivity contribution is 7.86. The van der Waals surface area contributed by atoms with E-state index in [0.717, 1.165) is 78.1 Å². The van der Waals surface area contributed by atoms with Crippen LogP contribution in [0.1, 0.15) is 90.2 Å². The average molecular weight is 841 g/mol. The molecule has 14 heteroatoms. The van der Waals surface area contributed by atoms with Crippen molar-refractivity contribution in [3.63, 3.8) is 0 Å². The van der Waals surface area contributed by atoms with Crippen LogP contribution in [0.3, 0.4) is 0 Å². The van der Waals surface area contributed by atoms with Crippen LogP contribution >= 0.6 is 0 Å². The molecule has 0 fully saturated rings. The van der Waals surface area contributed by atoms with Crippen molar-refractivity contribution in [3.8, 4) is 5.75 Å². The molecule has 0 spiro atoms. The Kier molecular flexibility index (Phi) is 13.3. The van der Waals surface area contributed by atoms with Crippen molar-refractivity contribution in [1.29, 1.82) is 0 Å². The van der Waals surface area contributed by atoms with Crippen LogP contribution in [-0.2, 0) is 35.9 Å². The molecule has 0 bridgehead atoms. The molecule has 0 atom stereocenters. The zero-order valence-electron chi connectivity index (χ0n) is 34.6. The highest BCUT2D eigenvalue weighted by Crippen LogP contribution is 2.48. The zero-order chi connectivity index (χ0) is 42.6. The number of fused-ring (bicyclic) bond motifs is 2. The number of para-hydroxylation sites is 2. The van der Waals surface area contributed by atoms with Crippen LogP contribution in [0.5, 0.6) is 5.75 Å². The van der Waals surface area contributed by atoms with Crippen molar-refractivity contribution < 1.29 is 40.0 Å². The SMILES string of the molecule is BNC(=O)CCCC[N+]1=C(/C=C/C2=C(Oc3ccc(S(=O)(=O)O)cc3)C(=C/C=C3/N(CCCCS(=O)(=O)O)c4ccccc4C3(C)C)/CCC2)C(C)(C)c2ccccc21. The monoisotopic (exact) mass is 840 g/mol. The number of hydrogen-bond acceptors (Lipinski definition) is 7. The summed E-state index contributed by atoms with van der Waals surface area (Å²) in [5.41, 5.74) is 8.06. The lowest BCUT2D eigenvalue weighted by Crippen LogP contribution is -2.28. The summed E-state index contributed by atoms with van der Waals surface area (Å²) < 4.78 is 74.7. The molecule has 0 unspecified atom stereocenters. The molecule has 2 heterocycles. The largest absolute Gasteiger partial charge is 0.457 e. The summed E-state index contributed by atoms with van der Waals surface area (Å²) in [6, 6.07) is 22.4. The molecule has 11 nitrogen and oxygen atoms in total. The van der Waals surface area contributed by atoms with E-state index in [-0.39, 0.29) is 27.4 Å². The Hall–Kier alpha value is -4.76. The summed E-state index contributed by atoms with van der Waals surface area (Å²) in [7, 11) is -6.79. The molecule has 59 heavy (non-hydrogen) atoms. The third-order valence-electron chi connectivity index (χ3n) is 11.6. The standard InChI is InChI=1S/C45H54BN3O8S2/c1-44(2)36-16-5-7-18-38(36)48(29-10-9-20-42(50)47-46)40(44)27-21-32-14-13-15-33(43(32)57-34-23-25-35(26-24-34)59(54,55)56)22-28-41-45(3,4)37-17-6-8-19-39(37)49(41)30-11-12-31-58(51,52)53/h5-8,16-19,21-28H,9-15,20,29-31,46H2,1-4H3,(H2-,47,50,51,52,53,54,55,56)/p+1. The molecule has 312 valence electrons. The minimum Gasteiger partial charge on any atom is -0.457 e. The number of allylic oxidation sites excluding steroid dienone is 7. The van der Waals surface area contributed by atoms with E-state index in [0.29, 0.717) is 37.3 Å². The van der Waals surface area contributed by atoms with Gasteiger partial charge in [0, 0.05) is 53.9 Å². The number of nitrogens with zero attached hydrogens (tertiary/aromatic N) is 2. The molecule has 0 saturated heterocycles. The van der Waals surface area contributed by atoms with Gasteiger partial charge in [-0.3, -0.25) is 13.9 Å². The van der Waals surface area contributed by atoms with Gasteiger partial charge < -0.3 is 14.9 Å². The summed E-state index contributed by atoms with van der Waals surface area (Å²) in [5, 5.41) is 2.71. The maximum atomic E-state index is 12.0. The predicted molar refractivity (Wildman–Crippen MR) is 235 cm³/mol. The van der Waals surface area contributed by atoms with Gasteiger partial charge >= 0.3 is 0 Å². The number of carbonyl (C=O) groups is 1. The fourth-order valence-corrected chi connectivity index (χ4v) is 9.56. The van der Waals surface area contributed by atoms with Crippen LogP contribution in [0, 0.1) is 0 Å². The Morgan fingerprint density at radius 3 is 2.24 bits per heavy atom. The van der Waals surface area contributed by atoms with Crippen LogP contribution in [0.25, 0.3) is 0 Å². The molecular weight excluding hydrogens is 785 g/mol. The van der Waals surface area contributed by atoms with Gasteiger partial charge in [0.25, 0.3) is 20.2 Å². The molecule has 0 aromatic heterocycles. The van der Waals surface area contributed by atoms with Gasteiger partial charge in [-0.1, -0.05) is 56.3 Å². The minimum atomic E-state index is -4.39. The molecule has 3 N–H and O–H groups in total. The van der Waals surface area contributed by atoms with Crippen LogP contribution in [0.15, 0.2) is 125 Å². The number of amides is 1. The number of carbonyl (C=O) groups excluding carboxylic acids is 1. The van der Waals surface area contributed by atoms with E-state index >= 15 is 0 Å². The second kappa shape index (κ2) is 17.8. The van der Waals surface area contributed by atoms with Gasteiger partial charge in [0.1, 0.15) is 18.1 Å². The lowest BCUT2D eigenvalue weighted by Gasteiger charge is -2.27. The molecule has 1 aliphatic carbocycles. The third-order valence-corrected chi connectivity index (χ3v) is 13.3. The maximum absolute atomic E-state index is 12.0. The molecule has 0 saturated carbocycles. The smallest absolute Gasteiger partial charge is 0.294 e. The number of unbranched alkanes of at least 4 members (excludes halogenated alkanes) is 2. The van der Waals surface area contributed by atoms with E-state index in [2.05, 4.69) is 103 Å². The van der Waals surface area contributed by atoms with Crippen LogP contribution < -0.4 is 14.9 Å². The van der Waals surface area contributed by atoms with Crippen molar-refractivity contribution in [2.24, 2.45) is 0 Å². The first-order chi connectivity index (χ1) is 27.9. The second-order valence-electron chi connectivity index (χ2n) is 16.4. The van der Waals surface area contributed by atoms with Crippen molar-refractivity contribution in [3.05, 3.63) is 131 Å². The Morgan fingerprint density at radius 2 is 1.54 bits per heavy atom. The normalized spacial score (nSPS) is 18.8. The summed E-state index contributed by atoms with van der Waals surface area (Å²) in [6.07, 6.45) is 13.9. The van der Waals surface area contributed by atoms with E-state index in [1.165, 1.54) is 17.7 Å². The van der Waals surface area contributed by atoms with Gasteiger partial charge in [-0.25, -0.2) is 0 Å². The first-order valence-electron chi connectivity index (χ1n) is 20.3. The molecule has 3 aromatic rings. The fraction of sp³-hybridized carbons (Fsp3) is 0.378. The van der Waals surface area contributed by atoms with Gasteiger partial charge in [0.2, 0.25) is 19.6 Å². The van der Waals surface area contributed by atoms with Crippen molar-refractivity contribution >= 4 is 51.2 Å². The van der Waals surface area contributed by atoms with Gasteiger partial charge in [-0.15, -0.1) is 0 Å². The molecule has 1 amide bonds. The second-order valence-corrected chi connectivity index (χ2v) is 19.4. The first-order valence-corrected chi connectivity index (χ1v) is 23.3. The van der Waals surface area contributed by atoms with Gasteiger partial charge in [0.15, 0.2) is 5.71 Å². The number of nitrogens with one attached hydrogen (secondary N) is 1. The van der Waals surface area contributed by atoms with Crippen LogP contribution in [0.4, 0.5) is 11.4 Å².